The molecule has 1 aromatic rings. The molecule has 128 valence electrons. The zero-order valence-corrected chi connectivity index (χ0v) is 14.3. The highest BCUT2D eigenvalue weighted by atomic mass is 16.5. The number of ether oxygens (including phenoxy) is 2. The molecule has 0 saturated heterocycles. The van der Waals surface area contributed by atoms with Crippen molar-refractivity contribution in [2.45, 2.75) is 51.0 Å². The van der Waals surface area contributed by atoms with Crippen molar-refractivity contribution >= 4 is 5.96 Å². The van der Waals surface area contributed by atoms with Crippen molar-refractivity contribution in [1.82, 2.24) is 5.32 Å². The highest BCUT2D eigenvalue weighted by molar-refractivity contribution is 5.78. The molecular formula is C18H29N3O2. The Hall–Kier alpha value is -1.91. The van der Waals surface area contributed by atoms with E-state index in [9.17, 15) is 0 Å². The molecule has 0 amide bonds. The first kappa shape index (κ1) is 17.4. The Morgan fingerprint density at radius 3 is 2.48 bits per heavy atom. The van der Waals surface area contributed by atoms with Crippen LogP contribution in [0, 0.1) is 0 Å². The molecule has 0 atom stereocenters. The maximum atomic E-state index is 6.02. The second-order valence-corrected chi connectivity index (χ2v) is 6.04. The van der Waals surface area contributed by atoms with E-state index >= 15 is 0 Å². The van der Waals surface area contributed by atoms with Crippen LogP contribution in [-0.2, 0) is 6.42 Å². The summed E-state index contributed by atoms with van der Waals surface area (Å²) >= 11 is 0. The quantitative estimate of drug-likeness (QED) is 0.480. The monoisotopic (exact) mass is 319 g/mol. The molecular weight excluding hydrogens is 290 g/mol. The normalized spacial score (nSPS) is 16.7. The standard InChI is InChI=1S/C18H29N3O2/c1-22-16-10-9-14(13-17(16)23-2)11-12-20-18(19)21-15-7-5-3-4-6-8-15/h9-10,13,15H,3-8,11-12H2,1-2H3,(H3,19,20,21). The number of rotatable bonds is 6. The summed E-state index contributed by atoms with van der Waals surface area (Å²) in [5, 5.41) is 3.37. The number of nitrogens with zero attached hydrogens (tertiary/aromatic N) is 1. The smallest absolute Gasteiger partial charge is 0.188 e. The number of benzene rings is 1. The van der Waals surface area contributed by atoms with E-state index in [1.165, 1.54) is 38.5 Å². The fourth-order valence-electron chi connectivity index (χ4n) is 3.02. The minimum Gasteiger partial charge on any atom is -0.493 e. The van der Waals surface area contributed by atoms with Gasteiger partial charge in [-0.15, -0.1) is 0 Å². The molecule has 0 radical (unpaired) electrons. The molecule has 5 heteroatoms. The Morgan fingerprint density at radius 1 is 1.13 bits per heavy atom. The molecule has 0 aromatic heterocycles. The lowest BCUT2D eigenvalue weighted by molar-refractivity contribution is 0.354. The molecule has 3 N–H and O–H groups in total. The minimum absolute atomic E-state index is 0.488. The van der Waals surface area contributed by atoms with Gasteiger partial charge in [0.25, 0.3) is 0 Å². The van der Waals surface area contributed by atoms with Gasteiger partial charge in [-0.3, -0.25) is 4.99 Å². The van der Waals surface area contributed by atoms with Crippen molar-refractivity contribution in [3.63, 3.8) is 0 Å². The molecule has 0 unspecified atom stereocenters. The third-order valence-corrected chi connectivity index (χ3v) is 4.34. The topological polar surface area (TPSA) is 68.9 Å². The lowest BCUT2D eigenvalue weighted by atomic mass is 10.1. The second-order valence-electron chi connectivity index (χ2n) is 6.04. The number of methoxy groups -OCH3 is 2. The van der Waals surface area contributed by atoms with Crippen LogP contribution in [-0.4, -0.2) is 32.8 Å². The molecule has 0 spiro atoms. The van der Waals surface area contributed by atoms with Gasteiger partial charge in [0.2, 0.25) is 0 Å². The number of guanidine groups is 1. The molecule has 1 aliphatic rings. The number of hydrogen-bond donors (Lipinski definition) is 2. The van der Waals surface area contributed by atoms with E-state index in [0.29, 0.717) is 18.5 Å². The molecule has 1 aromatic carbocycles. The Kier molecular flexibility index (Phi) is 7.04. The predicted molar refractivity (Wildman–Crippen MR) is 94.4 cm³/mol. The van der Waals surface area contributed by atoms with Crippen molar-refractivity contribution in [1.29, 1.82) is 0 Å². The Labute approximate surface area is 139 Å². The summed E-state index contributed by atoms with van der Waals surface area (Å²) in [6.45, 7) is 0.668. The second kappa shape index (κ2) is 9.28. The predicted octanol–water partition coefficient (Wildman–Crippen LogP) is 2.87. The van der Waals surface area contributed by atoms with Crippen molar-refractivity contribution in [2.75, 3.05) is 20.8 Å². The molecule has 2 rings (SSSR count). The summed E-state index contributed by atoms with van der Waals surface area (Å²) in [6.07, 6.45) is 8.49. The van der Waals surface area contributed by atoms with Crippen LogP contribution < -0.4 is 20.5 Å². The van der Waals surface area contributed by atoms with E-state index in [2.05, 4.69) is 10.3 Å². The van der Waals surface area contributed by atoms with Gasteiger partial charge in [-0.05, 0) is 37.0 Å². The third kappa shape index (κ3) is 5.66. The zero-order chi connectivity index (χ0) is 16.5. The lowest BCUT2D eigenvalue weighted by Crippen LogP contribution is -2.40. The van der Waals surface area contributed by atoms with Crippen LogP contribution in [0.15, 0.2) is 23.2 Å². The summed E-state index contributed by atoms with van der Waals surface area (Å²) in [7, 11) is 3.29. The minimum atomic E-state index is 0.488. The van der Waals surface area contributed by atoms with Crippen LogP contribution in [0.3, 0.4) is 0 Å². The van der Waals surface area contributed by atoms with Gasteiger partial charge in [-0.25, -0.2) is 0 Å². The summed E-state index contributed by atoms with van der Waals surface area (Å²) < 4.78 is 10.6. The van der Waals surface area contributed by atoms with Crippen LogP contribution in [0.5, 0.6) is 11.5 Å². The summed E-state index contributed by atoms with van der Waals surface area (Å²) in [5.74, 6) is 2.06. The van der Waals surface area contributed by atoms with Crippen molar-refractivity contribution in [3.8, 4) is 11.5 Å². The van der Waals surface area contributed by atoms with Gasteiger partial charge in [-0.1, -0.05) is 31.7 Å². The molecule has 5 nitrogen and oxygen atoms in total. The van der Waals surface area contributed by atoms with Crippen molar-refractivity contribution in [2.24, 2.45) is 10.7 Å². The van der Waals surface area contributed by atoms with Gasteiger partial charge >= 0.3 is 0 Å². The van der Waals surface area contributed by atoms with Gasteiger partial charge < -0.3 is 20.5 Å². The first-order valence-corrected chi connectivity index (χ1v) is 8.50. The number of hydrogen-bond acceptors (Lipinski definition) is 3. The Morgan fingerprint density at radius 2 is 1.83 bits per heavy atom. The molecule has 1 aliphatic carbocycles. The molecule has 0 heterocycles. The van der Waals surface area contributed by atoms with Gasteiger partial charge in [-0.2, -0.15) is 0 Å². The first-order valence-electron chi connectivity index (χ1n) is 8.50. The van der Waals surface area contributed by atoms with Gasteiger partial charge in [0.1, 0.15) is 0 Å². The summed E-state index contributed by atoms with van der Waals surface area (Å²) in [4.78, 5) is 4.45. The number of aliphatic imine (C=N–C) groups is 1. The molecule has 0 aliphatic heterocycles. The Bertz CT molecular complexity index is 509. The largest absolute Gasteiger partial charge is 0.493 e. The summed E-state index contributed by atoms with van der Waals surface area (Å²) in [5.41, 5.74) is 7.18. The van der Waals surface area contributed by atoms with Gasteiger partial charge in [0, 0.05) is 12.6 Å². The van der Waals surface area contributed by atoms with E-state index in [1.54, 1.807) is 14.2 Å². The molecule has 0 bridgehead atoms. The van der Waals surface area contributed by atoms with Crippen LogP contribution in [0.25, 0.3) is 0 Å². The molecule has 23 heavy (non-hydrogen) atoms. The van der Waals surface area contributed by atoms with E-state index < -0.39 is 0 Å². The van der Waals surface area contributed by atoms with Crippen LogP contribution in [0.2, 0.25) is 0 Å². The fraction of sp³-hybridized carbons (Fsp3) is 0.611. The van der Waals surface area contributed by atoms with E-state index in [-0.39, 0.29) is 0 Å². The van der Waals surface area contributed by atoms with Crippen molar-refractivity contribution in [3.05, 3.63) is 23.8 Å². The van der Waals surface area contributed by atoms with Crippen LogP contribution in [0.1, 0.15) is 44.1 Å². The maximum absolute atomic E-state index is 6.02. The molecule has 1 fully saturated rings. The average molecular weight is 319 g/mol. The van der Waals surface area contributed by atoms with E-state index in [4.69, 9.17) is 15.2 Å². The van der Waals surface area contributed by atoms with E-state index in [0.717, 1.165) is 23.5 Å². The average Bonchev–Trinajstić information content (AvgIpc) is 2.83. The Balaban J connectivity index is 1.82. The SMILES string of the molecule is COc1ccc(CCN=C(N)NC2CCCCCC2)cc1OC. The number of nitrogens with two attached hydrogens (primary N) is 1. The summed E-state index contributed by atoms with van der Waals surface area (Å²) in [6, 6.07) is 6.43. The van der Waals surface area contributed by atoms with Crippen LogP contribution in [0.4, 0.5) is 0 Å². The van der Waals surface area contributed by atoms with E-state index in [1.807, 2.05) is 18.2 Å². The van der Waals surface area contributed by atoms with Gasteiger partial charge in [0.05, 0.1) is 14.2 Å². The van der Waals surface area contributed by atoms with Gasteiger partial charge in [0.15, 0.2) is 17.5 Å². The first-order chi connectivity index (χ1) is 11.2. The lowest BCUT2D eigenvalue weighted by Gasteiger charge is -2.16. The zero-order valence-electron chi connectivity index (χ0n) is 14.3. The number of nitrogens with one attached hydrogen (secondary N) is 1. The maximum Gasteiger partial charge on any atom is 0.188 e. The fourth-order valence-corrected chi connectivity index (χ4v) is 3.02. The van der Waals surface area contributed by atoms with Crippen molar-refractivity contribution < 1.29 is 9.47 Å². The highest BCUT2D eigenvalue weighted by Crippen LogP contribution is 2.27. The highest BCUT2D eigenvalue weighted by Gasteiger charge is 2.12. The third-order valence-electron chi connectivity index (χ3n) is 4.34. The van der Waals surface area contributed by atoms with Crippen LogP contribution >= 0.6 is 0 Å². The molecule has 1 saturated carbocycles.